The van der Waals surface area contributed by atoms with Crippen molar-refractivity contribution < 1.29 is 14.3 Å². The molecular weight excluding hydrogens is 290 g/mol. The lowest BCUT2D eigenvalue weighted by Crippen LogP contribution is -2.20. The fraction of sp³-hybridized carbons (Fsp3) is 0.211. The summed E-state index contributed by atoms with van der Waals surface area (Å²) in [4.78, 5) is 12.0. The molecule has 0 atom stereocenters. The number of amides is 1. The molecule has 0 heterocycles. The van der Waals surface area contributed by atoms with E-state index in [9.17, 15) is 4.79 Å². The summed E-state index contributed by atoms with van der Waals surface area (Å²) in [6, 6.07) is 13.5. The summed E-state index contributed by atoms with van der Waals surface area (Å²) in [6.45, 7) is 2.53. The van der Waals surface area contributed by atoms with Gasteiger partial charge >= 0.3 is 0 Å². The summed E-state index contributed by atoms with van der Waals surface area (Å²) >= 11 is 0. The highest BCUT2D eigenvalue weighted by atomic mass is 16.5. The minimum atomic E-state index is -0.168. The molecule has 1 amide bonds. The van der Waals surface area contributed by atoms with Crippen LogP contribution >= 0.6 is 0 Å². The lowest BCUT2D eigenvalue weighted by atomic mass is 10.1. The Balaban J connectivity index is 2.02. The minimum Gasteiger partial charge on any atom is -0.496 e. The first-order valence-electron chi connectivity index (χ1n) is 7.36. The van der Waals surface area contributed by atoms with Crippen molar-refractivity contribution in [3.05, 3.63) is 65.2 Å². The van der Waals surface area contributed by atoms with Gasteiger partial charge in [0.15, 0.2) is 0 Å². The molecule has 0 unspecified atom stereocenters. The molecule has 0 aliphatic rings. The first-order chi connectivity index (χ1) is 11.1. The third-order valence-corrected chi connectivity index (χ3v) is 3.45. The van der Waals surface area contributed by atoms with Crippen LogP contribution in [0.3, 0.4) is 0 Å². The smallest absolute Gasteiger partial charge is 0.244 e. The molecule has 0 aliphatic carbocycles. The summed E-state index contributed by atoms with van der Waals surface area (Å²) in [5.74, 6) is 1.15. The summed E-state index contributed by atoms with van der Waals surface area (Å²) in [5, 5.41) is 2.86. The Bertz CT molecular complexity index is 668. The van der Waals surface area contributed by atoms with E-state index in [4.69, 9.17) is 9.47 Å². The summed E-state index contributed by atoms with van der Waals surface area (Å²) in [7, 11) is 3.17. The van der Waals surface area contributed by atoms with Gasteiger partial charge in [-0.3, -0.25) is 4.79 Å². The second kappa shape index (κ2) is 8.03. The molecule has 0 saturated carbocycles. The molecule has 0 radical (unpaired) electrons. The van der Waals surface area contributed by atoms with E-state index in [1.807, 2.05) is 49.4 Å². The van der Waals surface area contributed by atoms with Gasteiger partial charge in [0.25, 0.3) is 0 Å². The Morgan fingerprint density at radius 2 is 1.65 bits per heavy atom. The van der Waals surface area contributed by atoms with E-state index in [-0.39, 0.29) is 5.91 Å². The zero-order valence-electron chi connectivity index (χ0n) is 13.6. The maximum atomic E-state index is 12.0. The van der Waals surface area contributed by atoms with E-state index in [0.717, 1.165) is 11.1 Å². The normalized spacial score (nSPS) is 10.6. The van der Waals surface area contributed by atoms with Gasteiger partial charge in [-0.25, -0.2) is 0 Å². The molecule has 0 spiro atoms. The first-order valence-corrected chi connectivity index (χ1v) is 7.36. The van der Waals surface area contributed by atoms with E-state index in [1.54, 1.807) is 20.3 Å². The third-order valence-electron chi connectivity index (χ3n) is 3.45. The molecule has 2 aromatic rings. The summed E-state index contributed by atoms with van der Waals surface area (Å²) in [6.07, 6.45) is 3.18. The Labute approximate surface area is 136 Å². The van der Waals surface area contributed by atoms with Gasteiger partial charge in [-0.05, 0) is 30.7 Å². The number of methoxy groups -OCH3 is 2. The van der Waals surface area contributed by atoms with Gasteiger partial charge < -0.3 is 14.8 Å². The largest absolute Gasteiger partial charge is 0.496 e. The van der Waals surface area contributed by atoms with E-state index in [1.165, 1.54) is 11.6 Å². The van der Waals surface area contributed by atoms with Gasteiger partial charge in [0.2, 0.25) is 5.91 Å². The molecule has 0 saturated heterocycles. The number of carbonyl (C=O) groups excluding carboxylic acids is 1. The molecule has 0 aliphatic heterocycles. The van der Waals surface area contributed by atoms with Crippen molar-refractivity contribution >= 4 is 12.0 Å². The van der Waals surface area contributed by atoms with Gasteiger partial charge in [0.05, 0.1) is 19.8 Å². The lowest BCUT2D eigenvalue weighted by molar-refractivity contribution is -0.116. The van der Waals surface area contributed by atoms with Crippen molar-refractivity contribution in [1.29, 1.82) is 0 Å². The van der Waals surface area contributed by atoms with Crippen molar-refractivity contribution in [2.24, 2.45) is 0 Å². The summed E-state index contributed by atoms with van der Waals surface area (Å²) in [5.41, 5.74) is 3.00. The van der Waals surface area contributed by atoms with Crippen LogP contribution in [0.25, 0.3) is 6.08 Å². The molecule has 0 bridgehead atoms. The van der Waals surface area contributed by atoms with Crippen LogP contribution in [0.4, 0.5) is 0 Å². The fourth-order valence-electron chi connectivity index (χ4n) is 2.16. The number of carbonyl (C=O) groups is 1. The molecule has 23 heavy (non-hydrogen) atoms. The highest BCUT2D eigenvalue weighted by Crippen LogP contribution is 2.29. The maximum absolute atomic E-state index is 12.0. The second-order valence-corrected chi connectivity index (χ2v) is 5.11. The van der Waals surface area contributed by atoms with Gasteiger partial charge in [-0.1, -0.05) is 35.9 Å². The lowest BCUT2D eigenvalue weighted by Gasteiger charge is -2.09. The third kappa shape index (κ3) is 4.61. The van der Waals surface area contributed by atoms with Crippen LogP contribution in [0.1, 0.15) is 16.7 Å². The minimum absolute atomic E-state index is 0.168. The van der Waals surface area contributed by atoms with Gasteiger partial charge in [0, 0.05) is 12.6 Å². The first kappa shape index (κ1) is 16.6. The quantitative estimate of drug-likeness (QED) is 0.832. The van der Waals surface area contributed by atoms with Crippen LogP contribution in [0, 0.1) is 6.92 Å². The number of rotatable bonds is 6. The standard InChI is InChI=1S/C19H21NO3/c1-14-7-9-15(10-8-14)13-20-19(21)12-11-16-17(22-2)5-4-6-18(16)23-3/h4-12H,13H2,1-3H3,(H,20,21)/b12-11+. The Morgan fingerprint density at radius 3 is 2.22 bits per heavy atom. The Kier molecular flexibility index (Phi) is 5.80. The van der Waals surface area contributed by atoms with Crippen LogP contribution in [0.15, 0.2) is 48.5 Å². The number of aryl methyl sites for hydroxylation is 1. The second-order valence-electron chi connectivity index (χ2n) is 5.11. The van der Waals surface area contributed by atoms with Crippen LogP contribution in [-0.4, -0.2) is 20.1 Å². The van der Waals surface area contributed by atoms with Crippen LogP contribution in [-0.2, 0) is 11.3 Å². The monoisotopic (exact) mass is 311 g/mol. The van der Waals surface area contributed by atoms with Crippen LogP contribution in [0.2, 0.25) is 0 Å². The molecule has 2 aromatic carbocycles. The zero-order valence-corrected chi connectivity index (χ0v) is 13.6. The Hall–Kier alpha value is -2.75. The molecule has 1 N–H and O–H groups in total. The fourth-order valence-corrected chi connectivity index (χ4v) is 2.16. The predicted molar refractivity (Wildman–Crippen MR) is 91.6 cm³/mol. The van der Waals surface area contributed by atoms with Gasteiger partial charge in [0.1, 0.15) is 11.5 Å². The number of nitrogens with one attached hydrogen (secondary N) is 1. The average Bonchev–Trinajstić information content (AvgIpc) is 2.59. The Morgan fingerprint density at radius 1 is 1.04 bits per heavy atom. The highest BCUT2D eigenvalue weighted by molar-refractivity contribution is 5.92. The van der Waals surface area contributed by atoms with Gasteiger partial charge in [-0.15, -0.1) is 0 Å². The van der Waals surface area contributed by atoms with Crippen molar-refractivity contribution in [2.45, 2.75) is 13.5 Å². The van der Waals surface area contributed by atoms with E-state index >= 15 is 0 Å². The van der Waals surface area contributed by atoms with Crippen LogP contribution < -0.4 is 14.8 Å². The SMILES string of the molecule is COc1cccc(OC)c1/C=C/C(=O)NCc1ccc(C)cc1. The molecular formula is C19H21NO3. The van der Waals surface area contributed by atoms with Gasteiger partial charge in [-0.2, -0.15) is 0 Å². The van der Waals surface area contributed by atoms with Crippen molar-refractivity contribution in [2.75, 3.05) is 14.2 Å². The number of ether oxygens (including phenoxy) is 2. The van der Waals surface area contributed by atoms with E-state index < -0.39 is 0 Å². The predicted octanol–water partition coefficient (Wildman–Crippen LogP) is 3.34. The molecule has 0 aromatic heterocycles. The summed E-state index contributed by atoms with van der Waals surface area (Å²) < 4.78 is 10.6. The molecule has 2 rings (SSSR count). The van der Waals surface area contributed by atoms with Crippen molar-refractivity contribution in [3.8, 4) is 11.5 Å². The topological polar surface area (TPSA) is 47.6 Å². The average molecular weight is 311 g/mol. The van der Waals surface area contributed by atoms with E-state index in [0.29, 0.717) is 18.0 Å². The van der Waals surface area contributed by atoms with Crippen molar-refractivity contribution in [3.63, 3.8) is 0 Å². The number of hydrogen-bond donors (Lipinski definition) is 1. The molecule has 4 nitrogen and oxygen atoms in total. The highest BCUT2D eigenvalue weighted by Gasteiger charge is 2.07. The molecule has 0 fully saturated rings. The molecule has 4 heteroatoms. The van der Waals surface area contributed by atoms with Crippen LogP contribution in [0.5, 0.6) is 11.5 Å². The number of hydrogen-bond acceptors (Lipinski definition) is 3. The van der Waals surface area contributed by atoms with Crippen molar-refractivity contribution in [1.82, 2.24) is 5.32 Å². The number of benzene rings is 2. The molecule has 120 valence electrons. The zero-order chi connectivity index (χ0) is 16.7. The van der Waals surface area contributed by atoms with E-state index in [2.05, 4.69) is 5.32 Å². The maximum Gasteiger partial charge on any atom is 0.244 e.